The third kappa shape index (κ3) is 4.57. The van der Waals surface area contributed by atoms with Crippen molar-refractivity contribution in [2.75, 3.05) is 19.7 Å². The van der Waals surface area contributed by atoms with Gasteiger partial charge in [-0.1, -0.05) is 30.3 Å². The minimum absolute atomic E-state index is 0.146. The molecule has 0 bridgehead atoms. The molecule has 0 saturated carbocycles. The van der Waals surface area contributed by atoms with Crippen LogP contribution in [0.25, 0.3) is 0 Å². The van der Waals surface area contributed by atoms with Crippen LogP contribution < -0.4 is 4.74 Å². The van der Waals surface area contributed by atoms with Crippen LogP contribution in [0.4, 0.5) is 0 Å². The van der Waals surface area contributed by atoms with Crippen molar-refractivity contribution >= 4 is 0 Å². The zero-order chi connectivity index (χ0) is 16.8. The van der Waals surface area contributed by atoms with E-state index < -0.39 is 5.60 Å². The summed E-state index contributed by atoms with van der Waals surface area (Å²) < 4.78 is 5.81. The number of rotatable bonds is 5. The van der Waals surface area contributed by atoms with E-state index in [9.17, 15) is 10.2 Å². The Morgan fingerprint density at radius 1 is 0.917 bits per heavy atom. The van der Waals surface area contributed by atoms with Crippen molar-refractivity contribution in [1.29, 1.82) is 0 Å². The number of aliphatic hydroxyl groups excluding tert-OH is 1. The van der Waals surface area contributed by atoms with Gasteiger partial charge < -0.3 is 14.9 Å². The topological polar surface area (TPSA) is 52.9 Å². The molecule has 2 aromatic carbocycles. The highest BCUT2D eigenvalue weighted by atomic mass is 16.5. The summed E-state index contributed by atoms with van der Waals surface area (Å²) in [5.41, 5.74) is 0.326. The number of benzene rings is 2. The van der Waals surface area contributed by atoms with Gasteiger partial charge in [0.05, 0.1) is 12.2 Å². The lowest BCUT2D eigenvalue weighted by Crippen LogP contribution is -2.34. The number of para-hydroxylation sites is 1. The van der Waals surface area contributed by atoms with Crippen molar-refractivity contribution < 1.29 is 14.9 Å². The van der Waals surface area contributed by atoms with Crippen molar-refractivity contribution in [3.05, 3.63) is 60.2 Å². The van der Waals surface area contributed by atoms with Crippen LogP contribution in [0.5, 0.6) is 11.5 Å². The largest absolute Gasteiger partial charge is 0.457 e. The van der Waals surface area contributed by atoms with Crippen molar-refractivity contribution in [1.82, 2.24) is 4.90 Å². The van der Waals surface area contributed by atoms with E-state index in [-0.39, 0.29) is 6.61 Å². The fraction of sp³-hybridized carbons (Fsp3) is 0.400. The van der Waals surface area contributed by atoms with Crippen LogP contribution in [-0.2, 0) is 6.54 Å². The van der Waals surface area contributed by atoms with Crippen LogP contribution >= 0.6 is 0 Å². The second-order valence-electron chi connectivity index (χ2n) is 6.57. The molecule has 0 spiro atoms. The van der Waals surface area contributed by atoms with Gasteiger partial charge in [-0.05, 0) is 55.6 Å². The quantitative estimate of drug-likeness (QED) is 0.885. The molecular formula is C20H25NO3. The molecule has 1 fully saturated rings. The van der Waals surface area contributed by atoms with E-state index in [1.807, 2.05) is 42.5 Å². The normalized spacial score (nSPS) is 22.1. The van der Waals surface area contributed by atoms with Crippen molar-refractivity contribution in [2.24, 2.45) is 0 Å². The highest BCUT2D eigenvalue weighted by Gasteiger charge is 2.29. The van der Waals surface area contributed by atoms with Crippen LogP contribution in [0.3, 0.4) is 0 Å². The lowest BCUT2D eigenvalue weighted by Gasteiger charge is -2.24. The molecule has 1 atom stereocenters. The molecule has 128 valence electrons. The Kier molecular flexibility index (Phi) is 5.51. The molecule has 3 rings (SSSR count). The Bertz CT molecular complexity index is 629. The number of hydrogen-bond acceptors (Lipinski definition) is 4. The van der Waals surface area contributed by atoms with Crippen LogP contribution in [0.2, 0.25) is 0 Å². The number of hydrogen-bond donors (Lipinski definition) is 2. The van der Waals surface area contributed by atoms with Gasteiger partial charge in [-0.2, -0.15) is 0 Å². The van der Waals surface area contributed by atoms with Gasteiger partial charge in [0.1, 0.15) is 11.5 Å². The SMILES string of the molecule is OC[C@@]1(O)CCCN(Cc2ccc(Oc3ccccc3)cc2)CC1. The average Bonchev–Trinajstić information content (AvgIpc) is 2.80. The molecule has 1 heterocycles. The molecule has 2 aromatic rings. The van der Waals surface area contributed by atoms with Crippen LogP contribution in [0.1, 0.15) is 24.8 Å². The number of ether oxygens (including phenoxy) is 1. The first-order chi connectivity index (χ1) is 11.7. The van der Waals surface area contributed by atoms with Gasteiger partial charge in [0.15, 0.2) is 0 Å². The maximum absolute atomic E-state index is 10.2. The highest BCUT2D eigenvalue weighted by Crippen LogP contribution is 2.24. The molecule has 0 aromatic heterocycles. The van der Waals surface area contributed by atoms with Gasteiger partial charge in [-0.15, -0.1) is 0 Å². The zero-order valence-corrected chi connectivity index (χ0v) is 13.9. The summed E-state index contributed by atoms with van der Waals surface area (Å²) in [5.74, 6) is 1.66. The molecule has 24 heavy (non-hydrogen) atoms. The summed E-state index contributed by atoms with van der Waals surface area (Å²) in [6.07, 6.45) is 2.20. The Morgan fingerprint density at radius 3 is 2.33 bits per heavy atom. The third-order valence-electron chi connectivity index (χ3n) is 4.61. The first-order valence-electron chi connectivity index (χ1n) is 8.54. The molecule has 1 saturated heterocycles. The molecule has 1 aliphatic rings. The van der Waals surface area contributed by atoms with Gasteiger partial charge >= 0.3 is 0 Å². The Morgan fingerprint density at radius 2 is 1.62 bits per heavy atom. The van der Waals surface area contributed by atoms with E-state index in [2.05, 4.69) is 17.0 Å². The van der Waals surface area contributed by atoms with Gasteiger partial charge in [-0.3, -0.25) is 4.90 Å². The summed E-state index contributed by atoms with van der Waals surface area (Å²) in [7, 11) is 0. The molecule has 4 nitrogen and oxygen atoms in total. The Labute approximate surface area is 143 Å². The summed E-state index contributed by atoms with van der Waals surface area (Å²) in [5, 5.41) is 19.5. The second kappa shape index (κ2) is 7.79. The van der Waals surface area contributed by atoms with Crippen molar-refractivity contribution in [2.45, 2.75) is 31.4 Å². The minimum Gasteiger partial charge on any atom is -0.457 e. The fourth-order valence-electron chi connectivity index (χ4n) is 3.10. The first-order valence-corrected chi connectivity index (χ1v) is 8.54. The molecule has 0 amide bonds. The van der Waals surface area contributed by atoms with Gasteiger partial charge in [-0.25, -0.2) is 0 Å². The molecule has 4 heteroatoms. The predicted octanol–water partition coefficient (Wildman–Crippen LogP) is 3.19. The Balaban J connectivity index is 1.56. The van der Waals surface area contributed by atoms with E-state index in [1.54, 1.807) is 0 Å². The monoisotopic (exact) mass is 327 g/mol. The minimum atomic E-state index is -0.901. The maximum atomic E-state index is 10.2. The smallest absolute Gasteiger partial charge is 0.127 e. The molecule has 2 N–H and O–H groups in total. The van der Waals surface area contributed by atoms with Crippen molar-refractivity contribution in [3.63, 3.8) is 0 Å². The van der Waals surface area contributed by atoms with Gasteiger partial charge in [0, 0.05) is 13.1 Å². The average molecular weight is 327 g/mol. The fourth-order valence-corrected chi connectivity index (χ4v) is 3.10. The lowest BCUT2D eigenvalue weighted by atomic mass is 9.96. The summed E-state index contributed by atoms with van der Waals surface area (Å²) >= 11 is 0. The van der Waals surface area contributed by atoms with E-state index in [0.717, 1.165) is 37.6 Å². The number of aliphatic hydroxyl groups is 2. The predicted molar refractivity (Wildman–Crippen MR) is 94.1 cm³/mol. The van der Waals surface area contributed by atoms with E-state index >= 15 is 0 Å². The zero-order valence-electron chi connectivity index (χ0n) is 13.9. The van der Waals surface area contributed by atoms with E-state index in [1.165, 1.54) is 5.56 Å². The summed E-state index contributed by atoms with van der Waals surface area (Å²) in [6.45, 7) is 2.46. The molecular weight excluding hydrogens is 302 g/mol. The van der Waals surface area contributed by atoms with Crippen LogP contribution in [-0.4, -0.2) is 40.4 Å². The Hall–Kier alpha value is -1.88. The number of likely N-dealkylation sites (tertiary alicyclic amines) is 1. The summed E-state index contributed by atoms with van der Waals surface area (Å²) in [6, 6.07) is 17.9. The number of nitrogens with zero attached hydrogens (tertiary/aromatic N) is 1. The van der Waals surface area contributed by atoms with E-state index in [0.29, 0.717) is 12.8 Å². The molecule has 0 aliphatic carbocycles. The van der Waals surface area contributed by atoms with Gasteiger partial charge in [0.2, 0.25) is 0 Å². The van der Waals surface area contributed by atoms with E-state index in [4.69, 9.17) is 4.74 Å². The first kappa shape index (κ1) is 17.0. The highest BCUT2D eigenvalue weighted by molar-refractivity contribution is 5.32. The van der Waals surface area contributed by atoms with Crippen molar-refractivity contribution in [3.8, 4) is 11.5 Å². The third-order valence-corrected chi connectivity index (χ3v) is 4.61. The maximum Gasteiger partial charge on any atom is 0.127 e. The second-order valence-corrected chi connectivity index (χ2v) is 6.57. The molecule has 1 aliphatic heterocycles. The summed E-state index contributed by atoms with van der Waals surface area (Å²) in [4.78, 5) is 2.33. The standard InChI is InChI=1S/C20H25NO3/c22-16-20(23)11-4-13-21(14-12-20)15-17-7-9-19(10-8-17)24-18-5-2-1-3-6-18/h1-3,5-10,22-23H,4,11-16H2/t20-/m1/s1. The molecule has 0 unspecified atom stereocenters. The van der Waals surface area contributed by atoms with Gasteiger partial charge in [0.25, 0.3) is 0 Å². The van der Waals surface area contributed by atoms with Crippen LogP contribution in [0.15, 0.2) is 54.6 Å². The lowest BCUT2D eigenvalue weighted by molar-refractivity contribution is -0.0255. The molecule has 0 radical (unpaired) electrons. The van der Waals surface area contributed by atoms with Crippen LogP contribution in [0, 0.1) is 0 Å².